The van der Waals surface area contributed by atoms with Gasteiger partial charge in [-0.15, -0.1) is 0 Å². The number of methoxy groups -OCH3 is 1. The summed E-state index contributed by atoms with van der Waals surface area (Å²) in [7, 11) is 1.57. The normalized spacial score (nSPS) is 18.4. The third kappa shape index (κ3) is 4.22. The Morgan fingerprint density at radius 1 is 1.10 bits per heavy atom. The zero-order chi connectivity index (χ0) is 21.0. The summed E-state index contributed by atoms with van der Waals surface area (Å²) in [5.41, 5.74) is 2.17. The van der Waals surface area contributed by atoms with E-state index in [1.54, 1.807) is 7.11 Å². The monoisotopic (exact) mass is 397 g/mol. The molecule has 1 saturated heterocycles. The zero-order valence-electron chi connectivity index (χ0n) is 16.5. The quantitative estimate of drug-likeness (QED) is 0.334. The molecule has 152 valence electrons. The molecule has 0 bridgehead atoms. The summed E-state index contributed by atoms with van der Waals surface area (Å²) in [5, 5.41) is 10.9. The summed E-state index contributed by atoms with van der Waals surface area (Å²) in [5.74, 6) is -2.15. The topological polar surface area (TPSA) is 66.8 Å². The number of carbonyl (C=O) groups is 2. The number of aliphatic hydroxyl groups excluding tert-OH is 1. The fraction of sp³-hybridized carbons (Fsp3) is 0.304. The van der Waals surface area contributed by atoms with E-state index in [2.05, 4.69) is 0 Å². The number of ether oxygens (including phenoxy) is 1. The van der Waals surface area contributed by atoms with E-state index in [0.717, 1.165) is 17.5 Å². The number of rotatable bonds is 7. The molecular weight excluding hydrogens is 373 g/mol. The summed E-state index contributed by atoms with van der Waals surface area (Å²) < 4.78 is 18.3. The SMILES string of the molecule is CCc1ccc(C2/C(=C(/O)c3ccc(F)cc3)C(=O)C(=O)N2CCCOC)cc1. The van der Waals surface area contributed by atoms with Gasteiger partial charge < -0.3 is 14.7 Å². The molecule has 0 radical (unpaired) electrons. The van der Waals surface area contributed by atoms with E-state index in [0.29, 0.717) is 19.6 Å². The number of nitrogens with zero attached hydrogens (tertiary/aromatic N) is 1. The van der Waals surface area contributed by atoms with Crippen LogP contribution in [0.3, 0.4) is 0 Å². The average molecular weight is 397 g/mol. The van der Waals surface area contributed by atoms with E-state index in [1.165, 1.54) is 29.2 Å². The maximum absolute atomic E-state index is 13.3. The number of ketones is 1. The van der Waals surface area contributed by atoms with Crippen molar-refractivity contribution >= 4 is 17.4 Å². The first-order valence-corrected chi connectivity index (χ1v) is 9.60. The predicted octanol–water partition coefficient (Wildman–Crippen LogP) is 3.85. The Morgan fingerprint density at radius 2 is 1.76 bits per heavy atom. The van der Waals surface area contributed by atoms with Crippen molar-refractivity contribution in [3.05, 3.63) is 76.6 Å². The van der Waals surface area contributed by atoms with Gasteiger partial charge in [-0.25, -0.2) is 4.39 Å². The van der Waals surface area contributed by atoms with Crippen molar-refractivity contribution in [1.82, 2.24) is 4.90 Å². The Hall–Kier alpha value is -2.99. The molecule has 1 amide bonds. The lowest BCUT2D eigenvalue weighted by Gasteiger charge is -2.25. The highest BCUT2D eigenvalue weighted by atomic mass is 19.1. The number of aliphatic hydroxyl groups is 1. The summed E-state index contributed by atoms with van der Waals surface area (Å²) in [6.07, 6.45) is 1.42. The van der Waals surface area contributed by atoms with Crippen molar-refractivity contribution < 1.29 is 23.8 Å². The van der Waals surface area contributed by atoms with E-state index in [4.69, 9.17) is 4.74 Å². The standard InChI is InChI=1S/C23H24FNO4/c1-3-15-5-7-16(8-6-15)20-19(21(26)17-9-11-18(24)12-10-17)22(27)23(28)25(20)13-4-14-29-2/h5-12,20,26H,3-4,13-14H2,1-2H3/b21-19-. The van der Waals surface area contributed by atoms with Crippen LogP contribution in [0, 0.1) is 5.82 Å². The Morgan fingerprint density at radius 3 is 2.34 bits per heavy atom. The van der Waals surface area contributed by atoms with Gasteiger partial charge in [0.1, 0.15) is 11.6 Å². The van der Waals surface area contributed by atoms with Gasteiger partial charge >= 0.3 is 0 Å². The smallest absolute Gasteiger partial charge is 0.295 e. The molecule has 2 aromatic carbocycles. The van der Waals surface area contributed by atoms with Crippen molar-refractivity contribution in [3.8, 4) is 0 Å². The molecule has 29 heavy (non-hydrogen) atoms. The highest BCUT2D eigenvalue weighted by Crippen LogP contribution is 2.39. The Labute approximate surface area is 169 Å². The summed E-state index contributed by atoms with van der Waals surface area (Å²) >= 11 is 0. The van der Waals surface area contributed by atoms with E-state index < -0.39 is 23.5 Å². The van der Waals surface area contributed by atoms with E-state index in [9.17, 15) is 19.1 Å². The van der Waals surface area contributed by atoms with Gasteiger partial charge in [0.05, 0.1) is 11.6 Å². The molecule has 1 aliphatic rings. The van der Waals surface area contributed by atoms with Crippen LogP contribution in [0.2, 0.25) is 0 Å². The summed E-state index contributed by atoms with van der Waals surface area (Å²) in [4.78, 5) is 27.0. The van der Waals surface area contributed by atoms with Crippen LogP contribution < -0.4 is 0 Å². The number of amides is 1. The van der Waals surface area contributed by atoms with Crippen LogP contribution in [0.4, 0.5) is 4.39 Å². The van der Waals surface area contributed by atoms with Gasteiger partial charge in [0.25, 0.3) is 11.7 Å². The lowest BCUT2D eigenvalue weighted by molar-refractivity contribution is -0.140. The average Bonchev–Trinajstić information content (AvgIpc) is 2.99. The first-order valence-electron chi connectivity index (χ1n) is 9.60. The molecule has 3 rings (SSSR count). The van der Waals surface area contributed by atoms with Crippen LogP contribution in [0.25, 0.3) is 5.76 Å². The van der Waals surface area contributed by atoms with Gasteiger partial charge in [-0.2, -0.15) is 0 Å². The molecule has 2 aromatic rings. The molecule has 0 spiro atoms. The maximum Gasteiger partial charge on any atom is 0.295 e. The molecule has 1 N–H and O–H groups in total. The third-order valence-corrected chi connectivity index (χ3v) is 5.11. The molecule has 0 aliphatic carbocycles. The van der Waals surface area contributed by atoms with Gasteiger partial charge in [0.15, 0.2) is 0 Å². The van der Waals surface area contributed by atoms with Crippen LogP contribution in [0.1, 0.15) is 36.1 Å². The molecule has 1 aliphatic heterocycles. The Kier molecular flexibility index (Phi) is 6.44. The molecule has 5 nitrogen and oxygen atoms in total. The third-order valence-electron chi connectivity index (χ3n) is 5.11. The molecule has 1 fully saturated rings. The first-order chi connectivity index (χ1) is 14.0. The lowest BCUT2D eigenvalue weighted by Crippen LogP contribution is -2.31. The van der Waals surface area contributed by atoms with Gasteiger partial charge in [0.2, 0.25) is 0 Å². The van der Waals surface area contributed by atoms with E-state index in [1.807, 2.05) is 31.2 Å². The maximum atomic E-state index is 13.3. The number of halogens is 1. The minimum Gasteiger partial charge on any atom is -0.507 e. The highest BCUT2D eigenvalue weighted by Gasteiger charge is 2.45. The second-order valence-corrected chi connectivity index (χ2v) is 6.94. The Balaban J connectivity index is 2.09. The zero-order valence-corrected chi connectivity index (χ0v) is 16.5. The number of Topliss-reactive ketones (excluding diaryl/α,β-unsaturated/α-hetero) is 1. The van der Waals surface area contributed by atoms with E-state index >= 15 is 0 Å². The first kappa shape index (κ1) is 20.7. The number of hydrogen-bond acceptors (Lipinski definition) is 4. The molecule has 1 heterocycles. The van der Waals surface area contributed by atoms with Crippen molar-refractivity contribution in [2.75, 3.05) is 20.3 Å². The number of hydrogen-bond donors (Lipinski definition) is 1. The van der Waals surface area contributed by atoms with Crippen LogP contribution >= 0.6 is 0 Å². The molecule has 6 heteroatoms. The van der Waals surface area contributed by atoms with Crippen LogP contribution in [-0.4, -0.2) is 42.0 Å². The largest absolute Gasteiger partial charge is 0.507 e. The second-order valence-electron chi connectivity index (χ2n) is 6.94. The van der Waals surface area contributed by atoms with Crippen molar-refractivity contribution in [3.63, 3.8) is 0 Å². The van der Waals surface area contributed by atoms with Gasteiger partial charge in [0, 0.05) is 25.8 Å². The van der Waals surface area contributed by atoms with E-state index in [-0.39, 0.29) is 16.9 Å². The minimum absolute atomic E-state index is 0.0169. The predicted molar refractivity (Wildman–Crippen MR) is 108 cm³/mol. The lowest BCUT2D eigenvalue weighted by atomic mass is 9.94. The molecule has 1 atom stereocenters. The van der Waals surface area contributed by atoms with Crippen molar-refractivity contribution in [2.45, 2.75) is 25.8 Å². The van der Waals surface area contributed by atoms with Gasteiger partial charge in [-0.3, -0.25) is 9.59 Å². The van der Waals surface area contributed by atoms with Gasteiger partial charge in [-0.05, 0) is 48.2 Å². The van der Waals surface area contributed by atoms with Crippen molar-refractivity contribution in [1.29, 1.82) is 0 Å². The van der Waals surface area contributed by atoms with Crippen LogP contribution in [0.5, 0.6) is 0 Å². The highest BCUT2D eigenvalue weighted by molar-refractivity contribution is 6.46. The minimum atomic E-state index is -0.742. The number of benzene rings is 2. The van der Waals surface area contributed by atoms with Crippen molar-refractivity contribution in [2.24, 2.45) is 0 Å². The fourth-order valence-corrected chi connectivity index (χ4v) is 3.54. The van der Waals surface area contributed by atoms with Crippen LogP contribution in [-0.2, 0) is 20.7 Å². The fourth-order valence-electron chi connectivity index (χ4n) is 3.54. The second kappa shape index (κ2) is 9.01. The molecule has 1 unspecified atom stereocenters. The molecule has 0 aromatic heterocycles. The molecular formula is C23H24FNO4. The summed E-state index contributed by atoms with van der Waals surface area (Å²) in [6.45, 7) is 2.81. The number of aryl methyl sites for hydroxylation is 1. The summed E-state index contributed by atoms with van der Waals surface area (Å²) in [6, 6.07) is 12.1. The van der Waals surface area contributed by atoms with Gasteiger partial charge in [-0.1, -0.05) is 31.2 Å². The number of likely N-dealkylation sites (tertiary alicyclic amines) is 1. The number of carbonyl (C=O) groups excluding carboxylic acids is 2. The Bertz CT molecular complexity index is 919. The van der Waals surface area contributed by atoms with Crippen LogP contribution in [0.15, 0.2) is 54.1 Å². The molecule has 0 saturated carbocycles.